The number of alkyl halides is 12. The molecule has 0 aromatic carbocycles. The Morgan fingerprint density at radius 3 is 0.846 bits per heavy atom. The molecule has 0 nitrogen and oxygen atoms in total. The SMILES string of the molecule is BCCCC(F)(F)C(F)(F)C(F)(F)C(F)(F)C(F)(F)C(F)(F)CCCB. The summed E-state index contributed by atoms with van der Waals surface area (Å²) in [7, 11) is 2.37. The summed E-state index contributed by atoms with van der Waals surface area (Å²) in [5.41, 5.74) is 0. The second-order valence-corrected chi connectivity index (χ2v) is 5.91. The monoisotopic (exact) mass is 410 g/mol. The van der Waals surface area contributed by atoms with Crippen molar-refractivity contribution < 1.29 is 52.7 Å². The van der Waals surface area contributed by atoms with Crippen molar-refractivity contribution >= 4 is 15.7 Å². The molecule has 26 heavy (non-hydrogen) atoms. The van der Waals surface area contributed by atoms with Crippen molar-refractivity contribution in [3.8, 4) is 0 Å². The molecule has 0 radical (unpaired) electrons. The van der Waals surface area contributed by atoms with Crippen molar-refractivity contribution in [1.29, 1.82) is 0 Å². The summed E-state index contributed by atoms with van der Waals surface area (Å²) >= 11 is 0. The van der Waals surface area contributed by atoms with Crippen LogP contribution < -0.4 is 0 Å². The Kier molecular flexibility index (Phi) is 7.52. The lowest BCUT2D eigenvalue weighted by molar-refractivity contribution is -0.425. The van der Waals surface area contributed by atoms with Gasteiger partial charge >= 0.3 is 35.5 Å². The standard InChI is InChI=1S/C12H16B2F12/c13-5-1-3-7(15,16)9(19,20)11(23,24)12(25,26)10(21,22)8(17,18)4-2-6-14/h1-6,13-14H2. The topological polar surface area (TPSA) is 0 Å². The molecule has 0 heterocycles. The Morgan fingerprint density at radius 2 is 0.654 bits per heavy atom. The summed E-state index contributed by atoms with van der Waals surface area (Å²) in [6.45, 7) is 0. The quantitative estimate of drug-likeness (QED) is 0.349. The highest BCUT2D eigenvalue weighted by molar-refractivity contribution is 6.08. The first-order chi connectivity index (χ1) is 11.4. The zero-order valence-corrected chi connectivity index (χ0v) is 13.8. The largest absolute Gasteiger partial charge is 0.384 e. The highest BCUT2D eigenvalue weighted by Crippen LogP contribution is 2.61. The smallest absolute Gasteiger partial charge is 0.200 e. The number of hydrogen-bond acceptors (Lipinski definition) is 0. The molecule has 0 amide bonds. The fourth-order valence-corrected chi connectivity index (χ4v) is 1.97. The van der Waals surface area contributed by atoms with Gasteiger partial charge in [-0.2, -0.15) is 52.7 Å². The van der Waals surface area contributed by atoms with E-state index < -0.39 is 61.2 Å². The predicted octanol–water partition coefficient (Wildman–Crippen LogP) is 4.46. The molecule has 0 aromatic heterocycles. The Labute approximate surface area is 143 Å². The van der Waals surface area contributed by atoms with E-state index in [2.05, 4.69) is 0 Å². The van der Waals surface area contributed by atoms with Gasteiger partial charge in [-0.05, 0) is 0 Å². The summed E-state index contributed by atoms with van der Waals surface area (Å²) in [6, 6.07) is 0. The van der Waals surface area contributed by atoms with Gasteiger partial charge in [-0.15, -0.1) is 0 Å². The molecule has 0 N–H and O–H groups in total. The van der Waals surface area contributed by atoms with Crippen LogP contribution in [0.25, 0.3) is 0 Å². The molecule has 14 heteroatoms. The van der Waals surface area contributed by atoms with Crippen molar-refractivity contribution in [2.75, 3.05) is 0 Å². The van der Waals surface area contributed by atoms with Crippen molar-refractivity contribution in [3.05, 3.63) is 0 Å². The first-order valence-electron chi connectivity index (χ1n) is 7.64. The van der Waals surface area contributed by atoms with Crippen LogP contribution in [0.5, 0.6) is 0 Å². The van der Waals surface area contributed by atoms with E-state index >= 15 is 0 Å². The van der Waals surface area contributed by atoms with Crippen molar-refractivity contribution in [3.63, 3.8) is 0 Å². The van der Waals surface area contributed by atoms with Gasteiger partial charge in [0.15, 0.2) is 0 Å². The maximum atomic E-state index is 13.5. The van der Waals surface area contributed by atoms with Crippen LogP contribution in [0, 0.1) is 0 Å². The number of halogens is 12. The fourth-order valence-electron chi connectivity index (χ4n) is 1.97. The van der Waals surface area contributed by atoms with Crippen LogP contribution in [0.4, 0.5) is 52.7 Å². The Balaban J connectivity index is 6.06. The molecule has 154 valence electrons. The molecule has 0 rings (SSSR count). The third kappa shape index (κ3) is 3.93. The second kappa shape index (κ2) is 7.73. The van der Waals surface area contributed by atoms with Gasteiger partial charge < -0.3 is 0 Å². The van der Waals surface area contributed by atoms with E-state index in [1.54, 1.807) is 0 Å². The minimum absolute atomic E-state index is 0.223. The van der Waals surface area contributed by atoms with Crippen LogP contribution >= 0.6 is 0 Å². The second-order valence-electron chi connectivity index (χ2n) is 5.91. The van der Waals surface area contributed by atoms with Gasteiger partial charge in [0.2, 0.25) is 0 Å². The van der Waals surface area contributed by atoms with Crippen LogP contribution in [0.1, 0.15) is 25.7 Å². The van der Waals surface area contributed by atoms with E-state index in [1.807, 2.05) is 0 Å². The summed E-state index contributed by atoms with van der Waals surface area (Å²) in [6.07, 6.45) is -6.10. The molecule has 0 bridgehead atoms. The molecule has 0 saturated carbocycles. The van der Waals surface area contributed by atoms with Gasteiger partial charge in [0.05, 0.1) is 0 Å². The molecule has 0 fully saturated rings. The fraction of sp³-hybridized carbons (Fsp3) is 1.00. The van der Waals surface area contributed by atoms with Crippen LogP contribution in [0.15, 0.2) is 0 Å². The lowest BCUT2D eigenvalue weighted by Crippen LogP contribution is -2.70. The summed E-state index contributed by atoms with van der Waals surface area (Å²) < 4.78 is 161. The molecule has 0 aromatic rings. The zero-order chi connectivity index (χ0) is 21.2. The Bertz CT molecular complexity index is 421. The van der Waals surface area contributed by atoms with Crippen LogP contribution in [-0.2, 0) is 0 Å². The van der Waals surface area contributed by atoms with Gasteiger partial charge in [0.1, 0.15) is 15.7 Å². The molecular formula is C12H16B2F12. The van der Waals surface area contributed by atoms with E-state index in [0.717, 1.165) is 0 Å². The van der Waals surface area contributed by atoms with Gasteiger partial charge in [0.25, 0.3) is 0 Å². The molecular weight excluding hydrogens is 394 g/mol. The van der Waals surface area contributed by atoms with Gasteiger partial charge in [-0.25, -0.2) is 0 Å². The van der Waals surface area contributed by atoms with E-state index in [0.29, 0.717) is 0 Å². The molecule has 0 unspecified atom stereocenters. The molecule has 0 aliphatic heterocycles. The zero-order valence-electron chi connectivity index (χ0n) is 13.8. The van der Waals surface area contributed by atoms with Gasteiger partial charge in [-0.3, -0.25) is 0 Å². The highest BCUT2D eigenvalue weighted by Gasteiger charge is 2.89. The summed E-state index contributed by atoms with van der Waals surface area (Å²) in [4.78, 5) is 0. The molecule has 0 atom stereocenters. The Hall–Kier alpha value is -0.710. The minimum Gasteiger partial charge on any atom is -0.200 e. The first kappa shape index (κ1) is 25.3. The van der Waals surface area contributed by atoms with E-state index in [4.69, 9.17) is 0 Å². The Morgan fingerprint density at radius 1 is 0.423 bits per heavy atom. The third-order valence-corrected chi connectivity index (χ3v) is 3.79. The van der Waals surface area contributed by atoms with E-state index in [9.17, 15) is 52.7 Å². The van der Waals surface area contributed by atoms with Gasteiger partial charge in [0, 0.05) is 12.8 Å². The van der Waals surface area contributed by atoms with Gasteiger partial charge in [-0.1, -0.05) is 25.5 Å². The number of hydrogen-bond donors (Lipinski definition) is 0. The minimum atomic E-state index is -7.43. The van der Waals surface area contributed by atoms with Crippen molar-refractivity contribution in [1.82, 2.24) is 0 Å². The lowest BCUT2D eigenvalue weighted by atomic mass is 9.87. The van der Waals surface area contributed by atoms with Crippen molar-refractivity contribution in [2.45, 2.75) is 73.9 Å². The summed E-state index contributed by atoms with van der Waals surface area (Å²) in [5.74, 6) is -40.5. The van der Waals surface area contributed by atoms with Crippen molar-refractivity contribution in [2.24, 2.45) is 0 Å². The van der Waals surface area contributed by atoms with Crippen LogP contribution in [-0.4, -0.2) is 51.2 Å². The van der Waals surface area contributed by atoms with E-state index in [1.165, 1.54) is 15.7 Å². The maximum absolute atomic E-state index is 13.5. The average Bonchev–Trinajstić information content (AvgIpc) is 2.49. The highest BCUT2D eigenvalue weighted by atomic mass is 19.4. The first-order valence-corrected chi connectivity index (χ1v) is 7.64. The molecule has 0 aliphatic carbocycles. The van der Waals surface area contributed by atoms with Crippen LogP contribution in [0.3, 0.4) is 0 Å². The van der Waals surface area contributed by atoms with Crippen LogP contribution in [0.2, 0.25) is 12.6 Å². The normalized spacial score (nSPS) is 15.4. The molecule has 0 spiro atoms. The molecule has 0 aliphatic rings. The maximum Gasteiger partial charge on any atom is 0.384 e. The predicted molar refractivity (Wildman–Crippen MR) is 74.9 cm³/mol. The molecule has 0 saturated heterocycles. The summed E-state index contributed by atoms with van der Waals surface area (Å²) in [5, 5.41) is 0. The van der Waals surface area contributed by atoms with E-state index in [-0.39, 0.29) is 12.6 Å². The average molecular weight is 410 g/mol. The number of rotatable bonds is 11. The lowest BCUT2D eigenvalue weighted by Gasteiger charge is -2.41. The third-order valence-electron chi connectivity index (χ3n) is 3.79.